The SMILES string of the molecule is Cc1cccc(CC(=O)Nc2ccc(N3CCCN(C)C3=O)cc2)c1. The lowest BCUT2D eigenvalue weighted by atomic mass is 10.1. The van der Waals surface area contributed by atoms with Gasteiger partial charge in [0.05, 0.1) is 6.42 Å². The molecule has 2 aromatic rings. The Hall–Kier alpha value is -2.82. The smallest absolute Gasteiger partial charge is 0.324 e. The predicted octanol–water partition coefficient (Wildman–Crippen LogP) is 3.44. The van der Waals surface area contributed by atoms with Crippen LogP contribution in [0, 0.1) is 6.92 Å². The van der Waals surface area contributed by atoms with Crippen molar-refractivity contribution >= 4 is 23.3 Å². The van der Waals surface area contributed by atoms with E-state index in [1.165, 1.54) is 0 Å². The highest BCUT2D eigenvalue weighted by Gasteiger charge is 2.23. The first-order valence-corrected chi connectivity index (χ1v) is 8.51. The van der Waals surface area contributed by atoms with Crippen LogP contribution in [-0.2, 0) is 11.2 Å². The molecule has 1 fully saturated rings. The first kappa shape index (κ1) is 17.0. The molecule has 0 saturated carbocycles. The summed E-state index contributed by atoms with van der Waals surface area (Å²) in [4.78, 5) is 27.9. The van der Waals surface area contributed by atoms with E-state index < -0.39 is 0 Å². The summed E-state index contributed by atoms with van der Waals surface area (Å²) in [5.41, 5.74) is 3.73. The van der Waals surface area contributed by atoms with Gasteiger partial charge < -0.3 is 10.2 Å². The molecule has 0 unspecified atom stereocenters. The van der Waals surface area contributed by atoms with Gasteiger partial charge in [0.1, 0.15) is 0 Å². The lowest BCUT2D eigenvalue weighted by Crippen LogP contribution is -2.47. The quantitative estimate of drug-likeness (QED) is 0.929. The number of nitrogens with one attached hydrogen (secondary N) is 1. The number of hydrogen-bond donors (Lipinski definition) is 1. The fraction of sp³-hybridized carbons (Fsp3) is 0.300. The van der Waals surface area contributed by atoms with Crippen LogP contribution in [0.3, 0.4) is 0 Å². The topological polar surface area (TPSA) is 52.7 Å². The van der Waals surface area contributed by atoms with Crippen LogP contribution >= 0.6 is 0 Å². The summed E-state index contributed by atoms with van der Waals surface area (Å²) in [6.45, 7) is 3.53. The highest BCUT2D eigenvalue weighted by molar-refractivity contribution is 5.94. The van der Waals surface area contributed by atoms with Crippen LogP contribution in [0.4, 0.5) is 16.2 Å². The number of carbonyl (C=O) groups excluding carboxylic acids is 2. The molecule has 0 radical (unpaired) electrons. The Morgan fingerprint density at radius 3 is 2.60 bits per heavy atom. The zero-order chi connectivity index (χ0) is 17.8. The number of amides is 3. The lowest BCUT2D eigenvalue weighted by molar-refractivity contribution is -0.115. The Labute approximate surface area is 148 Å². The number of urea groups is 1. The molecule has 0 atom stereocenters. The second kappa shape index (κ2) is 7.38. The highest BCUT2D eigenvalue weighted by Crippen LogP contribution is 2.21. The van der Waals surface area contributed by atoms with Crippen molar-refractivity contribution in [2.75, 3.05) is 30.4 Å². The largest absolute Gasteiger partial charge is 0.327 e. The maximum Gasteiger partial charge on any atom is 0.324 e. The van der Waals surface area contributed by atoms with E-state index in [4.69, 9.17) is 0 Å². The summed E-state index contributed by atoms with van der Waals surface area (Å²) >= 11 is 0. The number of benzene rings is 2. The van der Waals surface area contributed by atoms with Crippen molar-refractivity contribution in [1.29, 1.82) is 0 Å². The molecular formula is C20H23N3O2. The first-order chi connectivity index (χ1) is 12.0. The van der Waals surface area contributed by atoms with Crippen molar-refractivity contribution in [2.24, 2.45) is 0 Å². The first-order valence-electron chi connectivity index (χ1n) is 8.51. The molecule has 0 aliphatic carbocycles. The van der Waals surface area contributed by atoms with Gasteiger partial charge in [-0.05, 0) is 43.2 Å². The van der Waals surface area contributed by atoms with E-state index in [0.717, 1.165) is 42.0 Å². The van der Waals surface area contributed by atoms with Crippen molar-refractivity contribution < 1.29 is 9.59 Å². The van der Waals surface area contributed by atoms with E-state index in [1.807, 2.05) is 62.5 Å². The Balaban J connectivity index is 1.62. The maximum absolute atomic E-state index is 12.2. The number of hydrogen-bond acceptors (Lipinski definition) is 2. The van der Waals surface area contributed by atoms with E-state index in [0.29, 0.717) is 6.42 Å². The molecule has 130 valence electrons. The van der Waals surface area contributed by atoms with Crippen LogP contribution in [0.15, 0.2) is 48.5 Å². The van der Waals surface area contributed by atoms with Crippen LogP contribution in [-0.4, -0.2) is 37.0 Å². The van der Waals surface area contributed by atoms with Gasteiger partial charge in [0.25, 0.3) is 0 Å². The molecule has 0 bridgehead atoms. The summed E-state index contributed by atoms with van der Waals surface area (Å²) < 4.78 is 0. The van der Waals surface area contributed by atoms with Crippen molar-refractivity contribution in [3.63, 3.8) is 0 Å². The number of aryl methyl sites for hydroxylation is 1. The zero-order valence-electron chi connectivity index (χ0n) is 14.7. The van der Waals surface area contributed by atoms with Crippen molar-refractivity contribution in [2.45, 2.75) is 19.8 Å². The van der Waals surface area contributed by atoms with E-state index in [9.17, 15) is 9.59 Å². The number of rotatable bonds is 4. The average molecular weight is 337 g/mol. The van der Waals surface area contributed by atoms with Crippen molar-refractivity contribution in [3.8, 4) is 0 Å². The second-order valence-corrected chi connectivity index (χ2v) is 6.47. The molecule has 3 rings (SSSR count). The zero-order valence-corrected chi connectivity index (χ0v) is 14.7. The molecule has 0 spiro atoms. The van der Waals surface area contributed by atoms with Crippen LogP contribution in [0.1, 0.15) is 17.5 Å². The van der Waals surface area contributed by atoms with Gasteiger partial charge in [0.2, 0.25) is 5.91 Å². The maximum atomic E-state index is 12.2. The molecule has 5 heteroatoms. The van der Waals surface area contributed by atoms with Gasteiger partial charge in [-0.3, -0.25) is 9.69 Å². The van der Waals surface area contributed by atoms with Gasteiger partial charge in [-0.1, -0.05) is 29.8 Å². The minimum atomic E-state index is -0.0490. The standard InChI is InChI=1S/C20H23N3O2/c1-15-5-3-6-16(13-15)14-19(24)21-17-7-9-18(10-8-17)23-12-4-11-22(2)20(23)25/h3,5-10,13H,4,11-12,14H2,1-2H3,(H,21,24). The summed E-state index contributed by atoms with van der Waals surface area (Å²) in [5, 5.41) is 2.91. The molecule has 0 aromatic heterocycles. The second-order valence-electron chi connectivity index (χ2n) is 6.47. The van der Waals surface area contributed by atoms with Crippen LogP contribution in [0.2, 0.25) is 0 Å². The van der Waals surface area contributed by atoms with Gasteiger partial charge in [-0.2, -0.15) is 0 Å². The Bertz CT molecular complexity index is 771. The minimum absolute atomic E-state index is 0.0162. The number of carbonyl (C=O) groups is 2. The average Bonchev–Trinajstić information content (AvgIpc) is 2.58. The monoisotopic (exact) mass is 337 g/mol. The van der Waals surface area contributed by atoms with Crippen LogP contribution in [0.5, 0.6) is 0 Å². The summed E-state index contributed by atoms with van der Waals surface area (Å²) in [7, 11) is 1.81. The third-order valence-electron chi connectivity index (χ3n) is 4.34. The Morgan fingerprint density at radius 2 is 1.88 bits per heavy atom. The van der Waals surface area contributed by atoms with Crippen molar-refractivity contribution in [3.05, 3.63) is 59.7 Å². The molecule has 5 nitrogen and oxygen atoms in total. The molecule has 1 heterocycles. The molecule has 1 N–H and O–H groups in total. The summed E-state index contributed by atoms with van der Waals surface area (Å²) in [6, 6.07) is 15.4. The lowest BCUT2D eigenvalue weighted by Gasteiger charge is -2.33. The molecule has 1 aliphatic rings. The number of nitrogens with zero attached hydrogens (tertiary/aromatic N) is 2. The Morgan fingerprint density at radius 1 is 1.12 bits per heavy atom. The highest BCUT2D eigenvalue weighted by atomic mass is 16.2. The molecule has 2 aromatic carbocycles. The van der Waals surface area contributed by atoms with Crippen molar-refractivity contribution in [1.82, 2.24) is 4.90 Å². The van der Waals surface area contributed by atoms with Gasteiger partial charge in [0.15, 0.2) is 0 Å². The molecule has 25 heavy (non-hydrogen) atoms. The number of anilines is 2. The normalized spacial score (nSPS) is 14.6. The molecule has 1 saturated heterocycles. The van der Waals surface area contributed by atoms with Gasteiger partial charge in [-0.25, -0.2) is 4.79 Å². The molecule has 1 aliphatic heterocycles. The molecule has 3 amide bonds. The molecular weight excluding hydrogens is 314 g/mol. The van der Waals surface area contributed by atoms with E-state index >= 15 is 0 Å². The third-order valence-corrected chi connectivity index (χ3v) is 4.34. The summed E-state index contributed by atoms with van der Waals surface area (Å²) in [5.74, 6) is -0.0490. The third kappa shape index (κ3) is 4.18. The van der Waals surface area contributed by atoms with E-state index in [-0.39, 0.29) is 11.9 Å². The Kier molecular flexibility index (Phi) is 5.03. The van der Waals surface area contributed by atoms with Gasteiger partial charge >= 0.3 is 6.03 Å². The van der Waals surface area contributed by atoms with Gasteiger partial charge in [-0.15, -0.1) is 0 Å². The predicted molar refractivity (Wildman–Crippen MR) is 99.9 cm³/mol. The summed E-state index contributed by atoms with van der Waals surface area (Å²) in [6.07, 6.45) is 1.30. The fourth-order valence-electron chi connectivity index (χ4n) is 3.04. The fourth-order valence-corrected chi connectivity index (χ4v) is 3.04. The van der Waals surface area contributed by atoms with Crippen LogP contribution < -0.4 is 10.2 Å². The van der Waals surface area contributed by atoms with E-state index in [1.54, 1.807) is 9.80 Å². The minimum Gasteiger partial charge on any atom is -0.327 e. The van der Waals surface area contributed by atoms with E-state index in [2.05, 4.69) is 5.32 Å². The van der Waals surface area contributed by atoms with Gasteiger partial charge in [0, 0.05) is 31.5 Å². The van der Waals surface area contributed by atoms with Crippen LogP contribution in [0.25, 0.3) is 0 Å².